The van der Waals surface area contributed by atoms with Crippen molar-refractivity contribution in [3.8, 4) is 0 Å². The van der Waals surface area contributed by atoms with Crippen LogP contribution < -0.4 is 10.2 Å². The molecule has 2 N–H and O–H groups in total. The van der Waals surface area contributed by atoms with Crippen LogP contribution in [0, 0.1) is 0 Å². The fourth-order valence-electron chi connectivity index (χ4n) is 1.60. The van der Waals surface area contributed by atoms with E-state index in [1.165, 1.54) is 0 Å². The molecule has 0 aliphatic rings. The Balaban J connectivity index is 1.95. The highest BCUT2D eigenvalue weighted by Crippen LogP contribution is 2.15. The molecular formula is C13H16N4O. The van der Waals surface area contributed by atoms with Gasteiger partial charge in [-0.3, -0.25) is 4.79 Å². The van der Waals surface area contributed by atoms with Crippen molar-refractivity contribution < 1.29 is 4.79 Å². The first-order chi connectivity index (χ1) is 8.65. The number of anilines is 2. The van der Waals surface area contributed by atoms with E-state index >= 15 is 0 Å². The molecular weight excluding hydrogens is 228 g/mol. The molecule has 0 radical (unpaired) electrons. The minimum Gasteiger partial charge on any atom is -0.378 e. The number of rotatable bonds is 4. The van der Waals surface area contributed by atoms with Crippen molar-refractivity contribution in [3.05, 3.63) is 42.5 Å². The van der Waals surface area contributed by atoms with Crippen molar-refractivity contribution in [2.75, 3.05) is 24.3 Å². The van der Waals surface area contributed by atoms with Crippen LogP contribution in [0.25, 0.3) is 0 Å². The summed E-state index contributed by atoms with van der Waals surface area (Å²) in [6.07, 6.45) is 3.51. The van der Waals surface area contributed by atoms with Crippen LogP contribution in [0.2, 0.25) is 0 Å². The maximum Gasteiger partial charge on any atom is 0.230 e. The maximum atomic E-state index is 11.7. The first-order valence-corrected chi connectivity index (χ1v) is 5.69. The highest BCUT2D eigenvalue weighted by molar-refractivity contribution is 5.92. The average molecular weight is 244 g/mol. The van der Waals surface area contributed by atoms with E-state index in [-0.39, 0.29) is 5.91 Å². The number of aromatic amines is 1. The summed E-state index contributed by atoms with van der Waals surface area (Å²) in [5.41, 5.74) is 2.70. The molecule has 0 fully saturated rings. The number of aromatic nitrogens is 2. The third-order valence-electron chi connectivity index (χ3n) is 2.57. The van der Waals surface area contributed by atoms with Gasteiger partial charge in [0.1, 0.15) is 0 Å². The van der Waals surface area contributed by atoms with Gasteiger partial charge in [-0.15, -0.1) is 0 Å². The summed E-state index contributed by atoms with van der Waals surface area (Å²) < 4.78 is 0. The van der Waals surface area contributed by atoms with Gasteiger partial charge in [0.25, 0.3) is 0 Å². The average Bonchev–Trinajstić information content (AvgIpc) is 2.82. The molecule has 0 atom stereocenters. The van der Waals surface area contributed by atoms with Gasteiger partial charge in [0.05, 0.1) is 12.7 Å². The second kappa shape index (κ2) is 5.35. The summed E-state index contributed by atoms with van der Waals surface area (Å²) in [5.74, 6) is -0.0585. The Morgan fingerprint density at radius 1 is 1.33 bits per heavy atom. The zero-order chi connectivity index (χ0) is 13.0. The Hall–Kier alpha value is -2.30. The van der Waals surface area contributed by atoms with E-state index in [4.69, 9.17) is 0 Å². The van der Waals surface area contributed by atoms with E-state index in [0.29, 0.717) is 6.42 Å². The van der Waals surface area contributed by atoms with Crippen LogP contribution in [-0.4, -0.2) is 30.0 Å². The highest BCUT2D eigenvalue weighted by Gasteiger charge is 2.05. The molecule has 0 saturated carbocycles. The second-order valence-electron chi connectivity index (χ2n) is 4.24. The Kier molecular flexibility index (Phi) is 3.62. The van der Waals surface area contributed by atoms with Crippen LogP contribution >= 0.6 is 0 Å². The molecule has 0 aliphatic heterocycles. The molecule has 1 aromatic heterocycles. The smallest absolute Gasteiger partial charge is 0.230 e. The number of hydrogen-bond donors (Lipinski definition) is 2. The van der Waals surface area contributed by atoms with Gasteiger partial charge in [-0.25, -0.2) is 4.98 Å². The van der Waals surface area contributed by atoms with E-state index in [2.05, 4.69) is 15.3 Å². The summed E-state index contributed by atoms with van der Waals surface area (Å²) >= 11 is 0. The molecule has 0 aliphatic carbocycles. The number of carbonyl (C=O) groups is 1. The fraction of sp³-hybridized carbons (Fsp3) is 0.231. The number of nitrogens with one attached hydrogen (secondary N) is 2. The highest BCUT2D eigenvalue weighted by atomic mass is 16.1. The number of hydrogen-bond acceptors (Lipinski definition) is 3. The summed E-state index contributed by atoms with van der Waals surface area (Å²) in [5, 5.41) is 2.84. The monoisotopic (exact) mass is 244 g/mol. The molecule has 2 aromatic rings. The SMILES string of the molecule is CN(C)c1ccc(NC(=O)Cc2cnc[nH]2)cc1. The molecule has 5 heteroatoms. The molecule has 94 valence electrons. The van der Waals surface area contributed by atoms with Crippen LogP contribution in [0.4, 0.5) is 11.4 Å². The second-order valence-corrected chi connectivity index (χ2v) is 4.24. The third-order valence-corrected chi connectivity index (χ3v) is 2.57. The number of carbonyl (C=O) groups excluding carboxylic acids is 1. The molecule has 18 heavy (non-hydrogen) atoms. The molecule has 2 rings (SSSR count). The van der Waals surface area contributed by atoms with Gasteiger partial charge in [0.15, 0.2) is 0 Å². The van der Waals surface area contributed by atoms with Crippen LogP contribution in [0.3, 0.4) is 0 Å². The molecule has 0 bridgehead atoms. The van der Waals surface area contributed by atoms with Crippen molar-refractivity contribution in [2.45, 2.75) is 6.42 Å². The normalized spacial score (nSPS) is 10.1. The van der Waals surface area contributed by atoms with Crippen LogP contribution in [0.15, 0.2) is 36.8 Å². The largest absolute Gasteiger partial charge is 0.378 e. The van der Waals surface area contributed by atoms with Gasteiger partial charge in [-0.05, 0) is 24.3 Å². The molecule has 0 spiro atoms. The van der Waals surface area contributed by atoms with Gasteiger partial charge in [0.2, 0.25) is 5.91 Å². The van der Waals surface area contributed by atoms with E-state index in [0.717, 1.165) is 17.1 Å². The standard InChI is InChI=1S/C13H16N4O/c1-17(2)12-5-3-10(4-6-12)16-13(18)7-11-8-14-9-15-11/h3-6,8-9H,7H2,1-2H3,(H,14,15)(H,16,18). The van der Waals surface area contributed by atoms with Gasteiger partial charge in [-0.1, -0.05) is 0 Å². The number of H-pyrrole nitrogens is 1. The molecule has 0 unspecified atom stereocenters. The first kappa shape index (κ1) is 12.2. The quantitative estimate of drug-likeness (QED) is 0.859. The Labute approximate surface area is 106 Å². The van der Waals surface area contributed by atoms with Crippen molar-refractivity contribution in [1.29, 1.82) is 0 Å². The minimum absolute atomic E-state index is 0.0585. The van der Waals surface area contributed by atoms with Gasteiger partial charge in [-0.2, -0.15) is 0 Å². The van der Waals surface area contributed by atoms with Crippen molar-refractivity contribution >= 4 is 17.3 Å². The number of imidazole rings is 1. The van der Waals surface area contributed by atoms with Gasteiger partial charge in [0, 0.05) is 37.4 Å². The molecule has 0 saturated heterocycles. The van der Waals surface area contributed by atoms with Crippen molar-refractivity contribution in [3.63, 3.8) is 0 Å². The lowest BCUT2D eigenvalue weighted by Gasteiger charge is -2.12. The van der Waals surface area contributed by atoms with Gasteiger partial charge >= 0.3 is 0 Å². The predicted octanol–water partition coefficient (Wildman–Crippen LogP) is 1.66. The molecule has 1 heterocycles. The van der Waals surface area contributed by atoms with Crippen molar-refractivity contribution in [1.82, 2.24) is 9.97 Å². The first-order valence-electron chi connectivity index (χ1n) is 5.69. The zero-order valence-electron chi connectivity index (χ0n) is 10.5. The summed E-state index contributed by atoms with van der Waals surface area (Å²) in [6.45, 7) is 0. The predicted molar refractivity (Wildman–Crippen MR) is 71.7 cm³/mol. The molecule has 1 amide bonds. The Morgan fingerprint density at radius 2 is 2.06 bits per heavy atom. The lowest BCUT2D eigenvalue weighted by Crippen LogP contribution is -2.15. The minimum atomic E-state index is -0.0585. The van der Waals surface area contributed by atoms with Crippen molar-refractivity contribution in [2.24, 2.45) is 0 Å². The number of benzene rings is 1. The van der Waals surface area contributed by atoms with Crippen LogP contribution in [-0.2, 0) is 11.2 Å². The van der Waals surface area contributed by atoms with E-state index in [1.807, 2.05) is 43.3 Å². The Bertz CT molecular complexity index is 502. The molecule has 1 aromatic carbocycles. The fourth-order valence-corrected chi connectivity index (χ4v) is 1.60. The number of amides is 1. The van der Waals surface area contributed by atoms with E-state index in [9.17, 15) is 4.79 Å². The van der Waals surface area contributed by atoms with Crippen LogP contribution in [0.1, 0.15) is 5.69 Å². The molecule has 5 nitrogen and oxygen atoms in total. The number of nitrogens with zero attached hydrogens (tertiary/aromatic N) is 2. The zero-order valence-corrected chi connectivity index (χ0v) is 10.5. The van der Waals surface area contributed by atoms with Gasteiger partial charge < -0.3 is 15.2 Å². The lowest BCUT2D eigenvalue weighted by molar-refractivity contribution is -0.115. The third kappa shape index (κ3) is 3.10. The van der Waals surface area contributed by atoms with E-state index < -0.39 is 0 Å². The Morgan fingerprint density at radius 3 is 2.61 bits per heavy atom. The summed E-state index contributed by atoms with van der Waals surface area (Å²) in [4.78, 5) is 20.5. The van der Waals surface area contributed by atoms with Crippen LogP contribution in [0.5, 0.6) is 0 Å². The summed E-state index contributed by atoms with van der Waals surface area (Å²) in [7, 11) is 3.96. The maximum absolute atomic E-state index is 11.7. The topological polar surface area (TPSA) is 61.0 Å². The van der Waals surface area contributed by atoms with E-state index in [1.54, 1.807) is 12.5 Å². The lowest BCUT2D eigenvalue weighted by atomic mass is 10.2. The summed E-state index contributed by atoms with van der Waals surface area (Å²) in [6, 6.07) is 7.71.